The molecule has 0 aromatic heterocycles. The van der Waals surface area contributed by atoms with Crippen molar-refractivity contribution in [1.82, 2.24) is 0 Å². The zero-order valence-corrected chi connectivity index (χ0v) is 14.1. The fourth-order valence-electron chi connectivity index (χ4n) is 2.00. The average Bonchev–Trinajstić information content (AvgIpc) is 2.47. The lowest BCUT2D eigenvalue weighted by Crippen LogP contribution is -2.14. The molecular formula is C17H16BrFN2O2. The molecule has 0 aliphatic heterocycles. The molecule has 6 heteroatoms. The van der Waals surface area contributed by atoms with Crippen molar-refractivity contribution in [2.45, 2.75) is 19.8 Å². The van der Waals surface area contributed by atoms with Gasteiger partial charge < -0.3 is 10.6 Å². The first-order chi connectivity index (χ1) is 11.0. The van der Waals surface area contributed by atoms with E-state index in [1.807, 2.05) is 6.92 Å². The van der Waals surface area contributed by atoms with Crippen LogP contribution in [-0.4, -0.2) is 11.8 Å². The molecule has 0 saturated heterocycles. The van der Waals surface area contributed by atoms with E-state index in [-0.39, 0.29) is 11.8 Å². The quantitative estimate of drug-likeness (QED) is 0.799. The summed E-state index contributed by atoms with van der Waals surface area (Å²) in [7, 11) is 0. The van der Waals surface area contributed by atoms with Gasteiger partial charge in [-0.25, -0.2) is 4.39 Å². The van der Waals surface area contributed by atoms with E-state index in [0.29, 0.717) is 27.8 Å². The van der Waals surface area contributed by atoms with E-state index < -0.39 is 5.82 Å². The second kappa shape index (κ2) is 7.87. The fraction of sp³-hybridized carbons (Fsp3) is 0.176. The highest BCUT2D eigenvalue weighted by molar-refractivity contribution is 9.10. The molecule has 0 aliphatic rings. The van der Waals surface area contributed by atoms with Gasteiger partial charge in [0.15, 0.2) is 0 Å². The predicted octanol–water partition coefficient (Wildman–Crippen LogP) is 4.58. The summed E-state index contributed by atoms with van der Waals surface area (Å²) in [6, 6.07) is 10.7. The Kier molecular flexibility index (Phi) is 5.87. The van der Waals surface area contributed by atoms with Crippen molar-refractivity contribution in [2.75, 3.05) is 10.6 Å². The Morgan fingerprint density at radius 3 is 2.43 bits per heavy atom. The summed E-state index contributed by atoms with van der Waals surface area (Å²) >= 11 is 3.17. The summed E-state index contributed by atoms with van der Waals surface area (Å²) in [6.45, 7) is 1.93. The molecule has 0 bridgehead atoms. The molecule has 0 saturated carbocycles. The summed E-state index contributed by atoms with van der Waals surface area (Å²) in [5.41, 5.74) is 1.48. The molecule has 2 N–H and O–H groups in total. The van der Waals surface area contributed by atoms with Crippen molar-refractivity contribution in [3.05, 3.63) is 58.3 Å². The van der Waals surface area contributed by atoms with Crippen LogP contribution in [0.25, 0.3) is 0 Å². The van der Waals surface area contributed by atoms with Crippen LogP contribution in [0.15, 0.2) is 46.9 Å². The van der Waals surface area contributed by atoms with E-state index in [2.05, 4.69) is 26.6 Å². The molecule has 2 amide bonds. The van der Waals surface area contributed by atoms with Crippen LogP contribution in [0.2, 0.25) is 0 Å². The van der Waals surface area contributed by atoms with Gasteiger partial charge in [0.2, 0.25) is 5.91 Å². The van der Waals surface area contributed by atoms with Crippen LogP contribution in [-0.2, 0) is 4.79 Å². The first-order valence-electron chi connectivity index (χ1n) is 7.16. The lowest BCUT2D eigenvalue weighted by atomic mass is 10.2. The van der Waals surface area contributed by atoms with Gasteiger partial charge in [-0.05, 0) is 58.7 Å². The van der Waals surface area contributed by atoms with E-state index in [1.165, 1.54) is 18.2 Å². The number of amides is 2. The van der Waals surface area contributed by atoms with Gasteiger partial charge in [-0.15, -0.1) is 0 Å². The molecule has 0 atom stereocenters. The van der Waals surface area contributed by atoms with Gasteiger partial charge in [0.1, 0.15) is 5.82 Å². The standard InChI is InChI=1S/C17H16BrFN2O2/c1-2-4-16(22)20-12-5-3-6-13(10-12)21-17(23)14-8-7-11(19)9-15(14)18/h3,5-10H,2,4H2,1H3,(H,20,22)(H,21,23). The maximum absolute atomic E-state index is 13.1. The highest BCUT2D eigenvalue weighted by Crippen LogP contribution is 2.21. The second-order valence-electron chi connectivity index (χ2n) is 4.96. The Bertz CT molecular complexity index is 734. The van der Waals surface area contributed by atoms with E-state index in [1.54, 1.807) is 24.3 Å². The molecule has 23 heavy (non-hydrogen) atoms. The Morgan fingerprint density at radius 1 is 1.09 bits per heavy atom. The van der Waals surface area contributed by atoms with Crippen molar-refractivity contribution in [3.63, 3.8) is 0 Å². The molecule has 120 valence electrons. The van der Waals surface area contributed by atoms with Crippen LogP contribution in [0, 0.1) is 5.82 Å². The SMILES string of the molecule is CCCC(=O)Nc1cccc(NC(=O)c2ccc(F)cc2Br)c1. The number of nitrogens with one attached hydrogen (secondary N) is 2. The highest BCUT2D eigenvalue weighted by atomic mass is 79.9. The summed E-state index contributed by atoms with van der Waals surface area (Å²) in [6.07, 6.45) is 1.21. The average molecular weight is 379 g/mol. The Hall–Kier alpha value is -2.21. The van der Waals surface area contributed by atoms with Crippen molar-refractivity contribution >= 4 is 39.1 Å². The first kappa shape index (κ1) is 17.1. The molecule has 0 heterocycles. The second-order valence-corrected chi connectivity index (χ2v) is 5.81. The topological polar surface area (TPSA) is 58.2 Å². The minimum atomic E-state index is -0.422. The van der Waals surface area contributed by atoms with Crippen molar-refractivity contribution < 1.29 is 14.0 Å². The van der Waals surface area contributed by atoms with Gasteiger partial charge in [0.05, 0.1) is 5.56 Å². The number of benzene rings is 2. The van der Waals surface area contributed by atoms with Gasteiger partial charge >= 0.3 is 0 Å². The van der Waals surface area contributed by atoms with E-state index in [9.17, 15) is 14.0 Å². The molecule has 4 nitrogen and oxygen atoms in total. The van der Waals surface area contributed by atoms with Gasteiger partial charge in [0, 0.05) is 22.3 Å². The zero-order chi connectivity index (χ0) is 16.8. The minimum absolute atomic E-state index is 0.0720. The molecule has 0 unspecified atom stereocenters. The summed E-state index contributed by atoms with van der Waals surface area (Å²) in [4.78, 5) is 23.8. The maximum atomic E-state index is 13.1. The van der Waals surface area contributed by atoms with Crippen LogP contribution in [0.3, 0.4) is 0 Å². The van der Waals surface area contributed by atoms with Crippen molar-refractivity contribution in [1.29, 1.82) is 0 Å². The lowest BCUT2D eigenvalue weighted by Gasteiger charge is -2.09. The monoisotopic (exact) mass is 378 g/mol. The van der Waals surface area contributed by atoms with Crippen LogP contribution < -0.4 is 10.6 Å². The van der Waals surface area contributed by atoms with Gasteiger partial charge in [-0.2, -0.15) is 0 Å². The number of hydrogen-bond acceptors (Lipinski definition) is 2. The van der Waals surface area contributed by atoms with Crippen molar-refractivity contribution in [2.24, 2.45) is 0 Å². The largest absolute Gasteiger partial charge is 0.326 e. The van der Waals surface area contributed by atoms with Crippen LogP contribution in [0.4, 0.5) is 15.8 Å². The summed E-state index contributed by atoms with van der Waals surface area (Å²) < 4.78 is 13.5. The van der Waals surface area contributed by atoms with E-state index in [0.717, 1.165) is 6.42 Å². The minimum Gasteiger partial charge on any atom is -0.326 e. The Morgan fingerprint density at radius 2 is 1.78 bits per heavy atom. The Labute approximate surface area is 142 Å². The number of carbonyl (C=O) groups excluding carboxylic acids is 2. The molecule has 2 aromatic rings. The van der Waals surface area contributed by atoms with Crippen molar-refractivity contribution in [3.8, 4) is 0 Å². The van der Waals surface area contributed by atoms with Crippen LogP contribution in [0.5, 0.6) is 0 Å². The molecule has 0 radical (unpaired) electrons. The highest BCUT2D eigenvalue weighted by Gasteiger charge is 2.11. The molecule has 0 fully saturated rings. The van der Waals surface area contributed by atoms with Crippen LogP contribution >= 0.6 is 15.9 Å². The number of halogens is 2. The molecular weight excluding hydrogens is 363 g/mol. The summed E-state index contributed by atoms with van der Waals surface area (Å²) in [5, 5.41) is 5.49. The van der Waals surface area contributed by atoms with E-state index >= 15 is 0 Å². The number of carbonyl (C=O) groups is 2. The smallest absolute Gasteiger partial charge is 0.256 e. The zero-order valence-electron chi connectivity index (χ0n) is 12.5. The molecule has 2 aromatic carbocycles. The predicted molar refractivity (Wildman–Crippen MR) is 92.0 cm³/mol. The lowest BCUT2D eigenvalue weighted by molar-refractivity contribution is -0.116. The normalized spacial score (nSPS) is 10.2. The molecule has 2 rings (SSSR count). The molecule has 0 spiro atoms. The Balaban J connectivity index is 2.10. The van der Waals surface area contributed by atoms with Gasteiger partial charge in [0.25, 0.3) is 5.91 Å². The maximum Gasteiger partial charge on any atom is 0.256 e. The number of hydrogen-bond donors (Lipinski definition) is 2. The third kappa shape index (κ3) is 4.89. The molecule has 0 aliphatic carbocycles. The van der Waals surface area contributed by atoms with Crippen LogP contribution in [0.1, 0.15) is 30.1 Å². The van der Waals surface area contributed by atoms with E-state index in [4.69, 9.17) is 0 Å². The van der Waals surface area contributed by atoms with Gasteiger partial charge in [-0.3, -0.25) is 9.59 Å². The number of anilines is 2. The fourth-order valence-corrected chi connectivity index (χ4v) is 2.53. The first-order valence-corrected chi connectivity index (χ1v) is 7.95. The van der Waals surface area contributed by atoms with Gasteiger partial charge in [-0.1, -0.05) is 13.0 Å². The summed E-state index contributed by atoms with van der Waals surface area (Å²) in [5.74, 6) is -0.861. The number of rotatable bonds is 5. The third-order valence-electron chi connectivity index (χ3n) is 3.06. The third-order valence-corrected chi connectivity index (χ3v) is 3.71.